The molecule has 0 aliphatic heterocycles. The lowest BCUT2D eigenvalue weighted by atomic mass is 9.82. The maximum absolute atomic E-state index is 9.21. The van der Waals surface area contributed by atoms with Crippen molar-refractivity contribution < 1.29 is 5.11 Å². The van der Waals surface area contributed by atoms with Gasteiger partial charge in [0.05, 0.1) is 6.10 Å². The summed E-state index contributed by atoms with van der Waals surface area (Å²) < 4.78 is 0. The Bertz CT molecular complexity index is 105. The van der Waals surface area contributed by atoms with Crippen molar-refractivity contribution in [2.45, 2.75) is 44.8 Å². The molecule has 0 spiro atoms. The molecule has 10 heavy (non-hydrogen) atoms. The highest BCUT2D eigenvalue weighted by Gasteiger charge is 2.24. The summed E-state index contributed by atoms with van der Waals surface area (Å²) in [5.41, 5.74) is 5.82. The largest absolute Gasteiger partial charge is 0.393 e. The number of aliphatic hydroxyl groups is 1. The summed E-state index contributed by atoms with van der Waals surface area (Å²) in [6.45, 7) is 2.17. The van der Waals surface area contributed by atoms with Crippen LogP contribution in [0.1, 0.15) is 32.6 Å². The third kappa shape index (κ3) is 1.70. The number of rotatable bonds is 1. The molecule has 1 fully saturated rings. The normalized spacial score (nSPS) is 41.7. The first kappa shape index (κ1) is 8.02. The van der Waals surface area contributed by atoms with Crippen LogP contribution < -0.4 is 5.73 Å². The first-order valence-electron chi connectivity index (χ1n) is 4.17. The molecule has 0 radical (unpaired) electrons. The molecular formula is C8H17NO. The molecule has 0 bridgehead atoms. The van der Waals surface area contributed by atoms with Crippen LogP contribution in [0.15, 0.2) is 0 Å². The van der Waals surface area contributed by atoms with E-state index in [1.54, 1.807) is 0 Å². The second kappa shape index (κ2) is 3.35. The van der Waals surface area contributed by atoms with Crippen molar-refractivity contribution in [3.8, 4) is 0 Å². The summed E-state index contributed by atoms with van der Waals surface area (Å²) >= 11 is 0. The Hall–Kier alpha value is -0.0800. The number of hydrogen-bond donors (Lipinski definition) is 2. The van der Waals surface area contributed by atoms with Gasteiger partial charge in [0.1, 0.15) is 0 Å². The van der Waals surface area contributed by atoms with E-state index in [1.807, 2.05) is 0 Å². The topological polar surface area (TPSA) is 46.2 Å². The second-order valence-electron chi connectivity index (χ2n) is 3.30. The number of hydrogen-bond acceptors (Lipinski definition) is 2. The molecule has 3 atom stereocenters. The molecule has 0 amide bonds. The fourth-order valence-corrected chi connectivity index (χ4v) is 1.75. The van der Waals surface area contributed by atoms with Crippen molar-refractivity contribution in [1.29, 1.82) is 0 Å². The lowest BCUT2D eigenvalue weighted by Crippen LogP contribution is -2.38. The molecule has 1 aliphatic rings. The molecule has 3 N–H and O–H groups in total. The molecule has 0 aromatic heterocycles. The van der Waals surface area contributed by atoms with Gasteiger partial charge in [-0.2, -0.15) is 0 Å². The average Bonchev–Trinajstić information content (AvgIpc) is 1.88. The predicted octanol–water partition coefficient (Wildman–Crippen LogP) is 0.885. The average molecular weight is 143 g/mol. The number of aliphatic hydroxyl groups excluding tert-OH is 1. The maximum atomic E-state index is 9.21. The number of nitrogens with two attached hydrogens (primary N) is 1. The summed E-state index contributed by atoms with van der Waals surface area (Å²) in [7, 11) is 0. The third-order valence-corrected chi connectivity index (χ3v) is 2.54. The van der Waals surface area contributed by atoms with Crippen LogP contribution in [0, 0.1) is 5.92 Å². The molecule has 2 heteroatoms. The Morgan fingerprint density at radius 1 is 1.50 bits per heavy atom. The van der Waals surface area contributed by atoms with Gasteiger partial charge in [-0.05, 0) is 25.2 Å². The highest BCUT2D eigenvalue weighted by atomic mass is 16.3. The van der Waals surface area contributed by atoms with Crippen LogP contribution in [0.2, 0.25) is 0 Å². The van der Waals surface area contributed by atoms with E-state index in [0.29, 0.717) is 5.92 Å². The van der Waals surface area contributed by atoms with E-state index in [9.17, 15) is 5.11 Å². The Labute approximate surface area is 62.4 Å². The van der Waals surface area contributed by atoms with Gasteiger partial charge in [0.25, 0.3) is 0 Å². The van der Waals surface area contributed by atoms with Gasteiger partial charge in [-0.25, -0.2) is 0 Å². The van der Waals surface area contributed by atoms with Gasteiger partial charge < -0.3 is 10.8 Å². The molecule has 2 nitrogen and oxygen atoms in total. The van der Waals surface area contributed by atoms with Crippen molar-refractivity contribution >= 4 is 0 Å². The Morgan fingerprint density at radius 3 is 2.70 bits per heavy atom. The van der Waals surface area contributed by atoms with Gasteiger partial charge >= 0.3 is 0 Å². The summed E-state index contributed by atoms with van der Waals surface area (Å²) in [4.78, 5) is 0. The van der Waals surface area contributed by atoms with Gasteiger partial charge in [-0.3, -0.25) is 0 Å². The first-order valence-corrected chi connectivity index (χ1v) is 4.17. The first-order chi connectivity index (χ1) is 4.74. The van der Waals surface area contributed by atoms with Crippen LogP contribution >= 0.6 is 0 Å². The lowest BCUT2D eigenvalue weighted by Gasteiger charge is -2.30. The summed E-state index contributed by atoms with van der Waals surface area (Å²) in [6.07, 6.45) is 3.90. The van der Waals surface area contributed by atoms with Crippen molar-refractivity contribution in [3.05, 3.63) is 0 Å². The van der Waals surface area contributed by atoms with Gasteiger partial charge in [-0.1, -0.05) is 13.3 Å². The fraction of sp³-hybridized carbons (Fsp3) is 1.00. The third-order valence-electron chi connectivity index (χ3n) is 2.54. The van der Waals surface area contributed by atoms with E-state index in [1.165, 1.54) is 0 Å². The highest BCUT2D eigenvalue weighted by molar-refractivity contribution is 4.81. The van der Waals surface area contributed by atoms with Gasteiger partial charge in [-0.15, -0.1) is 0 Å². The predicted molar refractivity (Wildman–Crippen MR) is 41.6 cm³/mol. The molecule has 3 unspecified atom stereocenters. The van der Waals surface area contributed by atoms with Crippen molar-refractivity contribution in [1.82, 2.24) is 0 Å². The molecular weight excluding hydrogens is 126 g/mol. The molecule has 60 valence electrons. The van der Waals surface area contributed by atoms with Gasteiger partial charge in [0, 0.05) is 6.04 Å². The van der Waals surface area contributed by atoms with Gasteiger partial charge in [0.15, 0.2) is 0 Å². The van der Waals surface area contributed by atoms with Crippen LogP contribution in [0.4, 0.5) is 0 Å². The second-order valence-corrected chi connectivity index (χ2v) is 3.30. The SMILES string of the molecule is CCC1CCC(O)CC1N. The van der Waals surface area contributed by atoms with Crippen molar-refractivity contribution in [2.75, 3.05) is 0 Å². The van der Waals surface area contributed by atoms with Crippen LogP contribution in [-0.4, -0.2) is 17.3 Å². The maximum Gasteiger partial charge on any atom is 0.0555 e. The van der Waals surface area contributed by atoms with Gasteiger partial charge in [0.2, 0.25) is 0 Å². The highest BCUT2D eigenvalue weighted by Crippen LogP contribution is 2.25. The van der Waals surface area contributed by atoms with E-state index >= 15 is 0 Å². The molecule has 0 heterocycles. The smallest absolute Gasteiger partial charge is 0.0555 e. The zero-order chi connectivity index (χ0) is 7.56. The zero-order valence-electron chi connectivity index (χ0n) is 6.59. The summed E-state index contributed by atoms with van der Waals surface area (Å²) in [5.74, 6) is 0.656. The van der Waals surface area contributed by atoms with Crippen LogP contribution in [-0.2, 0) is 0 Å². The lowest BCUT2D eigenvalue weighted by molar-refractivity contribution is 0.0942. The molecule has 0 saturated heterocycles. The van der Waals surface area contributed by atoms with E-state index in [2.05, 4.69) is 6.92 Å². The Kier molecular flexibility index (Phi) is 2.69. The quantitative estimate of drug-likeness (QED) is 0.572. The fourth-order valence-electron chi connectivity index (χ4n) is 1.75. The Morgan fingerprint density at radius 2 is 2.20 bits per heavy atom. The monoisotopic (exact) mass is 143 g/mol. The molecule has 1 rings (SSSR count). The van der Waals surface area contributed by atoms with Crippen molar-refractivity contribution in [2.24, 2.45) is 11.7 Å². The molecule has 0 aromatic rings. The Balaban J connectivity index is 2.36. The van der Waals surface area contributed by atoms with Crippen LogP contribution in [0.5, 0.6) is 0 Å². The van der Waals surface area contributed by atoms with E-state index in [4.69, 9.17) is 5.73 Å². The van der Waals surface area contributed by atoms with E-state index < -0.39 is 0 Å². The summed E-state index contributed by atoms with van der Waals surface area (Å²) in [6, 6.07) is 0.244. The van der Waals surface area contributed by atoms with E-state index in [-0.39, 0.29) is 12.1 Å². The van der Waals surface area contributed by atoms with Crippen molar-refractivity contribution in [3.63, 3.8) is 0 Å². The minimum absolute atomic E-state index is 0.127. The minimum atomic E-state index is -0.127. The van der Waals surface area contributed by atoms with Crippen LogP contribution in [0.3, 0.4) is 0 Å². The molecule has 0 aromatic carbocycles. The molecule has 1 saturated carbocycles. The zero-order valence-corrected chi connectivity index (χ0v) is 6.59. The van der Waals surface area contributed by atoms with E-state index in [0.717, 1.165) is 25.7 Å². The standard InChI is InChI=1S/C8H17NO/c1-2-6-3-4-7(10)5-8(6)9/h6-8,10H,2-5,9H2,1H3. The summed E-state index contributed by atoms with van der Waals surface area (Å²) in [5, 5.41) is 9.21. The minimum Gasteiger partial charge on any atom is -0.393 e. The molecule has 1 aliphatic carbocycles. The van der Waals surface area contributed by atoms with Crippen LogP contribution in [0.25, 0.3) is 0 Å².